The molecule has 2 aliphatic carbocycles. The minimum Gasteiger partial charge on any atom is -0.340 e. The summed E-state index contributed by atoms with van der Waals surface area (Å²) in [7, 11) is 0. The molecule has 1 saturated heterocycles. The summed E-state index contributed by atoms with van der Waals surface area (Å²) < 4.78 is 39.0. The van der Waals surface area contributed by atoms with Gasteiger partial charge in [-0.3, -0.25) is 9.59 Å². The van der Waals surface area contributed by atoms with Crippen LogP contribution in [0.3, 0.4) is 0 Å². The van der Waals surface area contributed by atoms with Crippen LogP contribution in [-0.4, -0.2) is 41.3 Å². The van der Waals surface area contributed by atoms with Crippen LogP contribution >= 0.6 is 0 Å². The number of halogens is 3. The molecule has 0 bridgehead atoms. The van der Waals surface area contributed by atoms with Crippen molar-refractivity contribution in [3.8, 4) is 0 Å². The first-order chi connectivity index (χ1) is 17.2. The van der Waals surface area contributed by atoms with Crippen molar-refractivity contribution < 1.29 is 22.8 Å². The van der Waals surface area contributed by atoms with Crippen molar-refractivity contribution >= 4 is 11.7 Å². The highest BCUT2D eigenvalue weighted by molar-refractivity contribution is 6.01. The zero-order valence-electron chi connectivity index (χ0n) is 20.4. The zero-order valence-corrected chi connectivity index (χ0v) is 20.4. The van der Waals surface area contributed by atoms with E-state index >= 15 is 0 Å². The highest BCUT2D eigenvalue weighted by atomic mass is 19.4. The Bertz CT molecular complexity index is 1090. The van der Waals surface area contributed by atoms with Gasteiger partial charge >= 0.3 is 6.18 Å². The Kier molecular flexibility index (Phi) is 6.95. The van der Waals surface area contributed by atoms with Crippen molar-refractivity contribution in [1.82, 2.24) is 10.2 Å². The summed E-state index contributed by atoms with van der Waals surface area (Å²) >= 11 is 0. The summed E-state index contributed by atoms with van der Waals surface area (Å²) in [6.45, 7) is 1.91. The summed E-state index contributed by atoms with van der Waals surface area (Å²) in [4.78, 5) is 28.4. The van der Waals surface area contributed by atoms with Crippen LogP contribution in [0.2, 0.25) is 0 Å². The minimum atomic E-state index is -4.52. The molecular formula is C29H33F3N2O2. The number of nitrogens with one attached hydrogen (secondary N) is 1. The van der Waals surface area contributed by atoms with E-state index in [1.165, 1.54) is 43.4 Å². The van der Waals surface area contributed by atoms with Crippen LogP contribution in [0.5, 0.6) is 0 Å². The predicted octanol–water partition coefficient (Wildman–Crippen LogP) is 5.98. The smallest absolute Gasteiger partial charge is 0.340 e. The van der Waals surface area contributed by atoms with Crippen molar-refractivity contribution in [1.29, 1.82) is 0 Å². The maximum absolute atomic E-state index is 13.1. The van der Waals surface area contributed by atoms with Gasteiger partial charge in [0.1, 0.15) is 0 Å². The number of benzene rings is 2. The molecule has 1 aliphatic heterocycles. The molecular weight excluding hydrogens is 465 g/mol. The fourth-order valence-electron chi connectivity index (χ4n) is 6.04. The number of carbonyl (C=O) groups is 2. The van der Waals surface area contributed by atoms with E-state index in [9.17, 15) is 22.8 Å². The highest BCUT2D eigenvalue weighted by Gasteiger charge is 2.51. The summed E-state index contributed by atoms with van der Waals surface area (Å²) in [6, 6.07) is 15.7. The Labute approximate surface area is 210 Å². The van der Waals surface area contributed by atoms with Gasteiger partial charge in [-0.2, -0.15) is 13.2 Å². The van der Waals surface area contributed by atoms with Crippen LogP contribution in [0.1, 0.15) is 78.8 Å². The third-order valence-electron chi connectivity index (χ3n) is 8.36. The molecule has 1 atom stereocenters. The Morgan fingerprint density at radius 1 is 0.944 bits per heavy atom. The molecule has 2 aromatic carbocycles. The van der Waals surface area contributed by atoms with Gasteiger partial charge < -0.3 is 10.2 Å². The van der Waals surface area contributed by atoms with Crippen LogP contribution in [0, 0.1) is 5.92 Å². The van der Waals surface area contributed by atoms with Crippen molar-refractivity contribution in [2.45, 2.75) is 75.0 Å². The average molecular weight is 499 g/mol. The molecule has 0 radical (unpaired) electrons. The Morgan fingerprint density at radius 3 is 2.33 bits per heavy atom. The van der Waals surface area contributed by atoms with Crippen molar-refractivity contribution in [2.75, 3.05) is 13.1 Å². The summed E-state index contributed by atoms with van der Waals surface area (Å²) in [5.41, 5.74) is -0.410. The SMILES string of the molecule is O=C(NC1(C(=O)C[C@@H]2CCN(C3CCC(c4ccccc4)CC3)C2)CC1)c1cccc(C(F)(F)F)c1. The number of ketones is 1. The molecule has 0 spiro atoms. The number of nitrogens with zero attached hydrogens (tertiary/aromatic N) is 1. The number of likely N-dealkylation sites (tertiary alicyclic amines) is 1. The van der Waals surface area contributed by atoms with Crippen LogP contribution in [-0.2, 0) is 11.0 Å². The standard InChI is InChI=1S/C29H33F3N2O2/c30-29(31,32)24-8-4-7-23(18-24)27(36)33-28(14-15-28)26(35)17-20-13-16-34(19-20)25-11-9-22(10-12-25)21-5-2-1-3-6-21/h1-8,18,20,22,25H,9-17,19H2,(H,33,36)/t20-,22?,25?/m0/s1. The zero-order chi connectivity index (χ0) is 25.3. The first-order valence-corrected chi connectivity index (χ1v) is 13.1. The maximum atomic E-state index is 13.1. The molecule has 36 heavy (non-hydrogen) atoms. The fourth-order valence-corrected chi connectivity index (χ4v) is 6.04. The quantitative estimate of drug-likeness (QED) is 0.511. The van der Waals surface area contributed by atoms with Gasteiger partial charge in [-0.25, -0.2) is 0 Å². The van der Waals surface area contributed by atoms with Gasteiger partial charge in [-0.1, -0.05) is 36.4 Å². The largest absolute Gasteiger partial charge is 0.416 e. The average Bonchev–Trinajstić information content (AvgIpc) is 3.52. The number of rotatable bonds is 7. The second-order valence-corrected chi connectivity index (χ2v) is 10.8. The summed E-state index contributed by atoms with van der Waals surface area (Å²) in [6.07, 6.45) is 2.72. The first kappa shape index (κ1) is 25.0. The molecule has 4 nitrogen and oxygen atoms in total. The lowest BCUT2D eigenvalue weighted by Gasteiger charge is -2.35. The van der Waals surface area contributed by atoms with Crippen LogP contribution in [0.4, 0.5) is 13.2 Å². The topological polar surface area (TPSA) is 49.4 Å². The number of Topliss-reactive ketones (excluding diaryl/α,β-unsaturated/α-hetero) is 1. The molecule has 5 rings (SSSR count). The lowest BCUT2D eigenvalue weighted by atomic mass is 9.81. The fraction of sp³-hybridized carbons (Fsp3) is 0.517. The van der Waals surface area contributed by atoms with Gasteiger partial charge in [0.2, 0.25) is 0 Å². The van der Waals surface area contributed by atoms with Gasteiger partial charge in [-0.15, -0.1) is 0 Å². The van der Waals surface area contributed by atoms with E-state index in [4.69, 9.17) is 0 Å². The molecule has 1 heterocycles. The van der Waals surface area contributed by atoms with Gasteiger partial charge in [-0.05, 0) is 87.1 Å². The van der Waals surface area contributed by atoms with E-state index in [-0.39, 0.29) is 17.3 Å². The van der Waals surface area contributed by atoms with Crippen molar-refractivity contribution in [2.24, 2.45) is 5.92 Å². The first-order valence-electron chi connectivity index (χ1n) is 13.1. The second kappa shape index (κ2) is 10.0. The van der Waals surface area contributed by atoms with Gasteiger partial charge in [0.05, 0.1) is 11.1 Å². The Morgan fingerprint density at radius 2 is 1.67 bits per heavy atom. The molecule has 1 N–H and O–H groups in total. The number of carbonyl (C=O) groups excluding carboxylic acids is 2. The maximum Gasteiger partial charge on any atom is 0.416 e. The van der Waals surface area contributed by atoms with Crippen LogP contribution in [0.25, 0.3) is 0 Å². The lowest BCUT2D eigenvalue weighted by Crippen LogP contribution is -2.44. The molecule has 2 saturated carbocycles. The molecule has 2 aromatic rings. The third kappa shape index (κ3) is 5.51. The van der Waals surface area contributed by atoms with Crippen LogP contribution < -0.4 is 5.32 Å². The summed E-state index contributed by atoms with van der Waals surface area (Å²) in [5, 5.41) is 2.76. The van der Waals surface area contributed by atoms with E-state index in [1.54, 1.807) is 0 Å². The monoisotopic (exact) mass is 498 g/mol. The van der Waals surface area contributed by atoms with Crippen molar-refractivity contribution in [3.63, 3.8) is 0 Å². The third-order valence-corrected chi connectivity index (χ3v) is 8.36. The van der Waals surface area contributed by atoms with E-state index in [2.05, 4.69) is 40.5 Å². The molecule has 0 unspecified atom stereocenters. The number of alkyl halides is 3. The molecule has 3 aliphatic rings. The van der Waals surface area contributed by atoms with E-state index in [1.807, 2.05) is 0 Å². The summed E-state index contributed by atoms with van der Waals surface area (Å²) in [5.74, 6) is 0.308. The molecule has 192 valence electrons. The molecule has 7 heteroatoms. The Hall–Kier alpha value is -2.67. The molecule has 3 fully saturated rings. The van der Waals surface area contributed by atoms with Gasteiger partial charge in [0.15, 0.2) is 5.78 Å². The predicted molar refractivity (Wildman–Crippen MR) is 132 cm³/mol. The normalized spacial score (nSPS) is 25.9. The van der Waals surface area contributed by atoms with Crippen LogP contribution in [0.15, 0.2) is 54.6 Å². The molecule has 1 amide bonds. The number of hydrogen-bond donors (Lipinski definition) is 1. The van der Waals surface area contributed by atoms with E-state index in [0.29, 0.717) is 31.2 Å². The highest BCUT2D eigenvalue weighted by Crippen LogP contribution is 2.41. The van der Waals surface area contributed by atoms with E-state index < -0.39 is 23.2 Å². The number of amides is 1. The Balaban J connectivity index is 1.11. The second-order valence-electron chi connectivity index (χ2n) is 10.8. The molecule has 0 aromatic heterocycles. The van der Waals surface area contributed by atoms with E-state index in [0.717, 1.165) is 31.6 Å². The van der Waals surface area contributed by atoms with Gasteiger partial charge in [0, 0.05) is 24.6 Å². The number of hydrogen-bond acceptors (Lipinski definition) is 3. The van der Waals surface area contributed by atoms with Gasteiger partial charge in [0.25, 0.3) is 5.91 Å². The minimum absolute atomic E-state index is 0.0162. The van der Waals surface area contributed by atoms with Crippen molar-refractivity contribution in [3.05, 3.63) is 71.3 Å². The lowest BCUT2D eigenvalue weighted by molar-refractivity contribution is -0.137.